The van der Waals surface area contributed by atoms with Crippen molar-refractivity contribution in [2.45, 2.75) is 24.4 Å². The van der Waals surface area contributed by atoms with E-state index in [1.54, 1.807) is 0 Å². The highest BCUT2D eigenvalue weighted by Gasteiger charge is 2.66. The molecule has 0 fully saturated rings. The third-order valence-electron chi connectivity index (χ3n) is 2.60. The third-order valence-corrected chi connectivity index (χ3v) is 2.60. The van der Waals surface area contributed by atoms with Gasteiger partial charge >= 0.3 is 12.4 Å². The summed E-state index contributed by atoms with van der Waals surface area (Å²) >= 11 is 0. The van der Waals surface area contributed by atoms with Crippen LogP contribution in [0.2, 0.25) is 0 Å². The molecular formula is C10H6F9NO. The number of alkyl halides is 9. The molecule has 21 heavy (non-hydrogen) atoms. The maximum absolute atomic E-state index is 13.7. The quantitative estimate of drug-likeness (QED) is 0.490. The van der Waals surface area contributed by atoms with Crippen LogP contribution in [-0.4, -0.2) is 17.7 Å². The number of phenols is 1. The number of hydrogen-bond acceptors (Lipinski definition) is 2. The molecule has 3 N–H and O–H groups in total. The zero-order valence-corrected chi connectivity index (χ0v) is 9.66. The first kappa shape index (κ1) is 17.2. The first-order chi connectivity index (χ1) is 9.24. The Morgan fingerprint density at radius 1 is 0.952 bits per heavy atom. The van der Waals surface area contributed by atoms with Crippen LogP contribution in [0.25, 0.3) is 0 Å². The SMILES string of the molecule is Nc1ccc(C(F)(C(F)F)C(F)(F)F)c(C(F)(F)F)c1O. The Kier molecular flexibility index (Phi) is 4.01. The van der Waals surface area contributed by atoms with Gasteiger partial charge in [-0.3, -0.25) is 0 Å². The molecule has 120 valence electrons. The van der Waals surface area contributed by atoms with E-state index in [0.717, 1.165) is 0 Å². The predicted octanol–water partition coefficient (Wildman–Crippen LogP) is 3.99. The van der Waals surface area contributed by atoms with Crippen LogP contribution in [0, 0.1) is 0 Å². The molecule has 0 spiro atoms. The lowest BCUT2D eigenvalue weighted by atomic mass is 9.89. The van der Waals surface area contributed by atoms with Gasteiger partial charge in [-0.1, -0.05) is 6.07 Å². The van der Waals surface area contributed by atoms with E-state index in [1.165, 1.54) is 0 Å². The molecule has 1 unspecified atom stereocenters. The van der Waals surface area contributed by atoms with Crippen LogP contribution >= 0.6 is 0 Å². The van der Waals surface area contributed by atoms with Gasteiger partial charge in [0.25, 0.3) is 12.1 Å². The van der Waals surface area contributed by atoms with Gasteiger partial charge in [-0.2, -0.15) is 26.3 Å². The van der Waals surface area contributed by atoms with Crippen LogP contribution in [0.15, 0.2) is 12.1 Å². The highest BCUT2D eigenvalue weighted by atomic mass is 19.4. The van der Waals surface area contributed by atoms with Gasteiger partial charge in [-0.05, 0) is 6.07 Å². The second kappa shape index (κ2) is 4.88. The zero-order valence-electron chi connectivity index (χ0n) is 9.66. The number of halogens is 9. The third kappa shape index (κ3) is 2.68. The van der Waals surface area contributed by atoms with Gasteiger partial charge in [0, 0.05) is 5.56 Å². The molecule has 0 heterocycles. The normalized spacial score (nSPS) is 16.1. The van der Waals surface area contributed by atoms with Gasteiger partial charge < -0.3 is 10.8 Å². The Hall–Kier alpha value is -1.81. The molecule has 1 atom stereocenters. The van der Waals surface area contributed by atoms with Crippen molar-refractivity contribution in [1.82, 2.24) is 0 Å². The lowest BCUT2D eigenvalue weighted by molar-refractivity contribution is -0.275. The van der Waals surface area contributed by atoms with E-state index < -0.39 is 47.0 Å². The number of benzene rings is 1. The maximum Gasteiger partial charge on any atom is 0.432 e. The number of rotatable bonds is 2. The first-order valence-electron chi connectivity index (χ1n) is 4.97. The maximum atomic E-state index is 13.7. The molecule has 0 aliphatic rings. The van der Waals surface area contributed by atoms with E-state index in [4.69, 9.17) is 10.8 Å². The molecule has 1 aromatic carbocycles. The Bertz CT molecular complexity index is 537. The predicted molar refractivity (Wildman–Crippen MR) is 52.4 cm³/mol. The summed E-state index contributed by atoms with van der Waals surface area (Å²) in [5, 5.41) is 9.10. The van der Waals surface area contributed by atoms with Crippen molar-refractivity contribution in [2.75, 3.05) is 5.73 Å². The molecule has 1 rings (SSSR count). The van der Waals surface area contributed by atoms with Crippen molar-refractivity contribution < 1.29 is 44.6 Å². The standard InChI is InChI=1S/C10H6F9NO/c11-7(12)8(13,10(17,18)19)3-1-2-4(20)6(21)5(3)9(14,15)16/h1-2,7,21H,20H2. The first-order valence-corrected chi connectivity index (χ1v) is 4.97. The van der Waals surface area contributed by atoms with Gasteiger partial charge in [0.1, 0.15) is 5.56 Å². The zero-order chi connectivity index (χ0) is 16.8. The molecule has 1 aromatic rings. The Morgan fingerprint density at radius 2 is 1.43 bits per heavy atom. The summed E-state index contributed by atoms with van der Waals surface area (Å²) in [6, 6.07) is 0.0832. The lowest BCUT2D eigenvalue weighted by Gasteiger charge is -2.30. The second-order valence-electron chi connectivity index (χ2n) is 3.93. The van der Waals surface area contributed by atoms with E-state index in [-0.39, 0.29) is 12.1 Å². The molecule has 2 nitrogen and oxygen atoms in total. The van der Waals surface area contributed by atoms with E-state index in [1.807, 2.05) is 0 Å². The summed E-state index contributed by atoms with van der Waals surface area (Å²) in [6.45, 7) is 0. The second-order valence-corrected chi connectivity index (χ2v) is 3.93. The minimum Gasteiger partial charge on any atom is -0.505 e. The molecule has 0 amide bonds. The largest absolute Gasteiger partial charge is 0.505 e. The highest BCUT2D eigenvalue weighted by Crippen LogP contribution is 2.53. The van der Waals surface area contributed by atoms with Gasteiger partial charge in [0.05, 0.1) is 5.69 Å². The molecule has 0 radical (unpaired) electrons. The Balaban J connectivity index is 3.82. The van der Waals surface area contributed by atoms with Crippen LogP contribution < -0.4 is 5.73 Å². The monoisotopic (exact) mass is 327 g/mol. The van der Waals surface area contributed by atoms with Crippen molar-refractivity contribution in [3.05, 3.63) is 23.3 Å². The number of nitrogen functional groups attached to an aromatic ring is 1. The van der Waals surface area contributed by atoms with Gasteiger partial charge in [-0.25, -0.2) is 13.2 Å². The molecule has 0 saturated heterocycles. The average molecular weight is 327 g/mol. The molecule has 0 bridgehead atoms. The number of anilines is 1. The van der Waals surface area contributed by atoms with Crippen molar-refractivity contribution in [1.29, 1.82) is 0 Å². The minimum atomic E-state index is -6.34. The van der Waals surface area contributed by atoms with E-state index >= 15 is 0 Å². The van der Waals surface area contributed by atoms with Crippen molar-refractivity contribution in [3.8, 4) is 5.75 Å². The highest BCUT2D eigenvalue weighted by molar-refractivity contribution is 5.61. The molecule has 0 saturated carbocycles. The number of hydrogen-bond donors (Lipinski definition) is 2. The molecular weight excluding hydrogens is 321 g/mol. The van der Waals surface area contributed by atoms with E-state index in [2.05, 4.69) is 0 Å². The van der Waals surface area contributed by atoms with Gasteiger partial charge in [-0.15, -0.1) is 0 Å². The minimum absolute atomic E-state index is 0.183. The van der Waals surface area contributed by atoms with Crippen LogP contribution in [0.3, 0.4) is 0 Å². The lowest BCUT2D eigenvalue weighted by Crippen LogP contribution is -2.45. The Morgan fingerprint density at radius 3 is 1.76 bits per heavy atom. The molecule has 0 aliphatic carbocycles. The van der Waals surface area contributed by atoms with Crippen molar-refractivity contribution in [2.24, 2.45) is 0 Å². The molecule has 0 aliphatic heterocycles. The Labute approximate surface area is 111 Å². The van der Waals surface area contributed by atoms with Gasteiger partial charge in [0.2, 0.25) is 0 Å². The van der Waals surface area contributed by atoms with Crippen molar-refractivity contribution >= 4 is 5.69 Å². The topological polar surface area (TPSA) is 46.2 Å². The van der Waals surface area contributed by atoms with Crippen LogP contribution in [-0.2, 0) is 11.8 Å². The van der Waals surface area contributed by atoms with Crippen LogP contribution in [0.5, 0.6) is 5.75 Å². The summed E-state index contributed by atoms with van der Waals surface area (Å²) in [5.74, 6) is -1.95. The van der Waals surface area contributed by atoms with Crippen LogP contribution in [0.4, 0.5) is 45.2 Å². The van der Waals surface area contributed by atoms with Crippen molar-refractivity contribution in [3.63, 3.8) is 0 Å². The van der Waals surface area contributed by atoms with E-state index in [9.17, 15) is 39.5 Å². The number of phenolic OH excluding ortho intramolecular Hbond substituents is 1. The fourth-order valence-corrected chi connectivity index (χ4v) is 1.59. The number of nitrogens with two attached hydrogens (primary N) is 1. The number of aromatic hydroxyl groups is 1. The summed E-state index contributed by atoms with van der Waals surface area (Å²) in [4.78, 5) is 0. The summed E-state index contributed by atoms with van der Waals surface area (Å²) in [5.41, 5.74) is -6.82. The molecule has 11 heteroatoms. The summed E-state index contributed by atoms with van der Waals surface area (Å²) in [7, 11) is 0. The fourth-order valence-electron chi connectivity index (χ4n) is 1.59. The van der Waals surface area contributed by atoms with Gasteiger partial charge in [0.15, 0.2) is 5.75 Å². The molecule has 0 aromatic heterocycles. The smallest absolute Gasteiger partial charge is 0.432 e. The summed E-state index contributed by atoms with van der Waals surface area (Å²) in [6.07, 6.45) is -16.9. The van der Waals surface area contributed by atoms with E-state index in [0.29, 0.717) is 0 Å². The average Bonchev–Trinajstić information content (AvgIpc) is 2.27. The summed E-state index contributed by atoms with van der Waals surface area (Å²) < 4.78 is 114. The van der Waals surface area contributed by atoms with Crippen LogP contribution in [0.1, 0.15) is 11.1 Å². The fraction of sp³-hybridized carbons (Fsp3) is 0.400.